The Hall–Kier alpha value is -2.77. The number of amides is 2. The van der Waals surface area contributed by atoms with Crippen molar-refractivity contribution >= 4 is 18.0 Å². The number of piperidine rings is 1. The summed E-state index contributed by atoms with van der Waals surface area (Å²) >= 11 is 0. The summed E-state index contributed by atoms with van der Waals surface area (Å²) in [6, 6.07) is 7.89. The lowest BCUT2D eigenvalue weighted by atomic mass is 10.1. The minimum Gasteiger partial charge on any atom is -0.444 e. The van der Waals surface area contributed by atoms with Gasteiger partial charge in [0.1, 0.15) is 5.60 Å². The van der Waals surface area contributed by atoms with Crippen LogP contribution < -0.4 is 10.6 Å². The van der Waals surface area contributed by atoms with Gasteiger partial charge in [-0.25, -0.2) is 4.79 Å². The number of hydrogen-bond donors (Lipinski definition) is 2. The van der Waals surface area contributed by atoms with Crippen molar-refractivity contribution in [3.8, 4) is 0 Å². The first-order chi connectivity index (χ1) is 14.7. The molecule has 31 heavy (non-hydrogen) atoms. The molecule has 0 aliphatic carbocycles. The van der Waals surface area contributed by atoms with Crippen LogP contribution in [-0.4, -0.2) is 72.6 Å². The van der Waals surface area contributed by atoms with Gasteiger partial charge in [0.15, 0.2) is 5.96 Å². The fraction of sp³-hybridized carbons (Fsp3) is 0.609. The van der Waals surface area contributed by atoms with Gasteiger partial charge < -0.3 is 25.2 Å². The number of likely N-dealkylation sites (tertiary alicyclic amines) is 2. The summed E-state index contributed by atoms with van der Waals surface area (Å²) in [5.74, 6) is 0.804. The summed E-state index contributed by atoms with van der Waals surface area (Å²) in [7, 11) is 1.72. The third-order valence-electron chi connectivity index (χ3n) is 5.40. The highest BCUT2D eigenvalue weighted by molar-refractivity contribution is 5.94. The van der Waals surface area contributed by atoms with Gasteiger partial charge in [-0.2, -0.15) is 0 Å². The summed E-state index contributed by atoms with van der Waals surface area (Å²) in [5, 5.41) is 6.61. The number of nitrogens with zero attached hydrogens (tertiary/aromatic N) is 3. The lowest BCUT2D eigenvalue weighted by Crippen LogP contribution is -2.63. The first-order valence-corrected chi connectivity index (χ1v) is 11.1. The van der Waals surface area contributed by atoms with Crippen LogP contribution in [0.15, 0.2) is 29.3 Å². The first-order valence-electron chi connectivity index (χ1n) is 11.1. The molecular formula is C23H35N5O3. The smallest absolute Gasteiger partial charge is 0.410 e. The fourth-order valence-electron chi connectivity index (χ4n) is 3.66. The number of carbonyl (C=O) groups is 2. The van der Waals surface area contributed by atoms with Crippen LogP contribution in [-0.2, 0) is 11.3 Å². The first kappa shape index (κ1) is 22.9. The van der Waals surface area contributed by atoms with Crippen molar-refractivity contribution in [3.63, 3.8) is 0 Å². The number of hydrogen-bond acceptors (Lipinski definition) is 4. The summed E-state index contributed by atoms with van der Waals surface area (Å²) in [6.45, 7) is 9.08. The van der Waals surface area contributed by atoms with E-state index in [4.69, 9.17) is 4.74 Å². The molecule has 8 nitrogen and oxygen atoms in total. The van der Waals surface area contributed by atoms with Crippen LogP contribution in [0, 0.1) is 0 Å². The highest BCUT2D eigenvalue weighted by atomic mass is 16.6. The molecule has 3 rings (SSSR count). The molecule has 170 valence electrons. The number of aliphatic imine (C=N–C) groups is 1. The molecule has 1 aromatic rings. The van der Waals surface area contributed by atoms with Crippen molar-refractivity contribution in [2.75, 3.05) is 33.2 Å². The SMILES string of the molecule is CN=C(NCc1ccc(C(=O)N2CCCCC2)cc1)NC1CN(C(=O)OC(C)(C)C)C1. The standard InChI is InChI=1S/C23H35N5O3/c1-23(2,3)31-22(30)28-15-19(16-28)26-21(24-4)25-14-17-8-10-18(11-9-17)20(29)27-12-6-5-7-13-27/h8-11,19H,5-7,12-16H2,1-4H3,(H2,24,25,26). The third-order valence-corrected chi connectivity index (χ3v) is 5.40. The molecule has 8 heteroatoms. The minimum absolute atomic E-state index is 0.121. The lowest BCUT2D eigenvalue weighted by molar-refractivity contribution is 0.00700. The van der Waals surface area contributed by atoms with Gasteiger partial charge in [-0.1, -0.05) is 12.1 Å². The zero-order chi connectivity index (χ0) is 22.4. The molecule has 0 radical (unpaired) electrons. The Balaban J connectivity index is 1.42. The summed E-state index contributed by atoms with van der Waals surface area (Å²) in [5.41, 5.74) is 1.33. The van der Waals surface area contributed by atoms with Gasteiger partial charge in [0, 0.05) is 45.3 Å². The molecule has 0 saturated carbocycles. The molecule has 0 bridgehead atoms. The average molecular weight is 430 g/mol. The van der Waals surface area contributed by atoms with Crippen molar-refractivity contribution < 1.29 is 14.3 Å². The van der Waals surface area contributed by atoms with E-state index >= 15 is 0 Å². The second-order valence-electron chi connectivity index (χ2n) is 9.20. The van der Waals surface area contributed by atoms with E-state index in [-0.39, 0.29) is 18.0 Å². The van der Waals surface area contributed by atoms with Crippen LogP contribution >= 0.6 is 0 Å². The highest BCUT2D eigenvalue weighted by Gasteiger charge is 2.34. The Labute approximate surface area is 185 Å². The Morgan fingerprint density at radius 3 is 2.29 bits per heavy atom. The maximum absolute atomic E-state index is 12.6. The fourth-order valence-corrected chi connectivity index (χ4v) is 3.66. The van der Waals surface area contributed by atoms with E-state index in [1.807, 2.05) is 49.9 Å². The van der Waals surface area contributed by atoms with E-state index < -0.39 is 5.60 Å². The van der Waals surface area contributed by atoms with E-state index in [0.29, 0.717) is 25.6 Å². The molecule has 1 aromatic carbocycles. The molecule has 2 aliphatic rings. The molecular weight excluding hydrogens is 394 g/mol. The molecule has 0 aromatic heterocycles. The van der Waals surface area contributed by atoms with E-state index in [2.05, 4.69) is 15.6 Å². The minimum atomic E-state index is -0.485. The zero-order valence-electron chi connectivity index (χ0n) is 19.1. The quantitative estimate of drug-likeness (QED) is 0.568. The number of ether oxygens (including phenoxy) is 1. The van der Waals surface area contributed by atoms with E-state index in [0.717, 1.165) is 37.1 Å². The molecule has 2 aliphatic heterocycles. The summed E-state index contributed by atoms with van der Waals surface area (Å²) in [4.78, 5) is 32.5. The van der Waals surface area contributed by atoms with E-state index in [1.165, 1.54) is 6.42 Å². The van der Waals surface area contributed by atoms with Crippen molar-refractivity contribution in [3.05, 3.63) is 35.4 Å². The number of nitrogens with one attached hydrogen (secondary N) is 2. The largest absolute Gasteiger partial charge is 0.444 e. The predicted octanol–water partition coefficient (Wildman–Crippen LogP) is 2.60. The Kier molecular flexibility index (Phi) is 7.41. The highest BCUT2D eigenvalue weighted by Crippen LogP contribution is 2.16. The number of guanidine groups is 1. The van der Waals surface area contributed by atoms with Gasteiger partial charge in [-0.05, 0) is 57.7 Å². The van der Waals surface area contributed by atoms with E-state index in [1.54, 1.807) is 11.9 Å². The molecule has 2 amide bonds. The van der Waals surface area contributed by atoms with Crippen LogP contribution in [0.1, 0.15) is 56.0 Å². The van der Waals surface area contributed by atoms with Gasteiger partial charge in [-0.3, -0.25) is 9.79 Å². The topological polar surface area (TPSA) is 86.3 Å². The van der Waals surface area contributed by atoms with Gasteiger partial charge in [-0.15, -0.1) is 0 Å². The average Bonchev–Trinajstić information content (AvgIpc) is 2.71. The van der Waals surface area contributed by atoms with Gasteiger partial charge in [0.05, 0.1) is 6.04 Å². The van der Waals surface area contributed by atoms with Crippen LogP contribution in [0.5, 0.6) is 0 Å². The monoisotopic (exact) mass is 429 g/mol. The summed E-state index contributed by atoms with van der Waals surface area (Å²) < 4.78 is 5.38. The van der Waals surface area contributed by atoms with Crippen molar-refractivity contribution in [2.24, 2.45) is 4.99 Å². The molecule has 2 fully saturated rings. The van der Waals surface area contributed by atoms with Crippen molar-refractivity contribution in [1.29, 1.82) is 0 Å². The third kappa shape index (κ3) is 6.60. The molecule has 2 N–H and O–H groups in total. The Bertz CT molecular complexity index is 788. The second-order valence-corrected chi connectivity index (χ2v) is 9.20. The Morgan fingerprint density at radius 2 is 1.71 bits per heavy atom. The normalized spacial score (nSPS) is 17.7. The Morgan fingerprint density at radius 1 is 1.06 bits per heavy atom. The van der Waals surface area contributed by atoms with E-state index in [9.17, 15) is 9.59 Å². The summed E-state index contributed by atoms with van der Waals surface area (Å²) in [6.07, 6.45) is 3.11. The zero-order valence-corrected chi connectivity index (χ0v) is 19.1. The lowest BCUT2D eigenvalue weighted by Gasteiger charge is -2.40. The maximum atomic E-state index is 12.6. The number of benzene rings is 1. The molecule has 0 unspecified atom stereocenters. The van der Waals surface area contributed by atoms with Crippen LogP contribution in [0.4, 0.5) is 4.79 Å². The number of rotatable bonds is 4. The van der Waals surface area contributed by atoms with Gasteiger partial charge in [0.25, 0.3) is 5.91 Å². The number of carbonyl (C=O) groups excluding carboxylic acids is 2. The maximum Gasteiger partial charge on any atom is 0.410 e. The molecule has 0 spiro atoms. The molecule has 0 atom stereocenters. The van der Waals surface area contributed by atoms with Crippen LogP contribution in [0.25, 0.3) is 0 Å². The van der Waals surface area contributed by atoms with Crippen LogP contribution in [0.2, 0.25) is 0 Å². The second kappa shape index (κ2) is 10.0. The molecule has 2 heterocycles. The van der Waals surface area contributed by atoms with Crippen molar-refractivity contribution in [2.45, 2.75) is 58.2 Å². The van der Waals surface area contributed by atoms with Crippen LogP contribution in [0.3, 0.4) is 0 Å². The predicted molar refractivity (Wildman–Crippen MR) is 121 cm³/mol. The molecule has 2 saturated heterocycles. The van der Waals surface area contributed by atoms with Gasteiger partial charge >= 0.3 is 6.09 Å². The van der Waals surface area contributed by atoms with Gasteiger partial charge in [0.2, 0.25) is 0 Å². The van der Waals surface area contributed by atoms with Crippen molar-refractivity contribution in [1.82, 2.24) is 20.4 Å².